The van der Waals surface area contributed by atoms with Gasteiger partial charge < -0.3 is 9.72 Å². The molecule has 6 heteroatoms. The zero-order chi connectivity index (χ0) is 15.5. The van der Waals surface area contributed by atoms with Gasteiger partial charge in [0.2, 0.25) is 0 Å². The minimum Gasteiger partial charge on any atom is -0.372 e. The van der Waals surface area contributed by atoms with Gasteiger partial charge in [-0.05, 0) is 12.0 Å². The molecular formula is C15H16F3NO2. The van der Waals surface area contributed by atoms with Gasteiger partial charge in [0, 0.05) is 29.1 Å². The van der Waals surface area contributed by atoms with Crippen molar-refractivity contribution in [2.75, 3.05) is 13.2 Å². The number of aromatic nitrogens is 1. The van der Waals surface area contributed by atoms with Crippen LogP contribution in [0.25, 0.3) is 10.9 Å². The number of para-hydroxylation sites is 1. The van der Waals surface area contributed by atoms with E-state index in [0.717, 1.165) is 22.9 Å². The Hall–Kier alpha value is -1.82. The van der Waals surface area contributed by atoms with Crippen LogP contribution >= 0.6 is 0 Å². The molecule has 0 atom stereocenters. The van der Waals surface area contributed by atoms with Crippen LogP contribution in [0.2, 0.25) is 0 Å². The average Bonchev–Trinajstić information content (AvgIpc) is 2.86. The van der Waals surface area contributed by atoms with Crippen LogP contribution in [0.5, 0.6) is 0 Å². The first-order valence-corrected chi connectivity index (χ1v) is 6.69. The fourth-order valence-electron chi connectivity index (χ4n) is 2.23. The van der Waals surface area contributed by atoms with E-state index in [9.17, 15) is 18.0 Å². The number of hydrogen-bond donors (Lipinski definition) is 1. The van der Waals surface area contributed by atoms with Gasteiger partial charge in [-0.1, -0.05) is 25.1 Å². The van der Waals surface area contributed by atoms with Gasteiger partial charge in [0.15, 0.2) is 5.78 Å². The third kappa shape index (κ3) is 3.85. The number of aryl methyl sites for hydroxylation is 1. The van der Waals surface area contributed by atoms with Gasteiger partial charge in [0.05, 0.1) is 6.61 Å². The zero-order valence-corrected chi connectivity index (χ0v) is 11.6. The third-order valence-electron chi connectivity index (χ3n) is 3.22. The number of hydrogen-bond acceptors (Lipinski definition) is 2. The van der Waals surface area contributed by atoms with E-state index in [0.29, 0.717) is 5.56 Å². The Labute approximate surface area is 120 Å². The van der Waals surface area contributed by atoms with Crippen LogP contribution in [0.15, 0.2) is 24.4 Å². The fourth-order valence-corrected chi connectivity index (χ4v) is 2.23. The Morgan fingerprint density at radius 3 is 2.76 bits per heavy atom. The third-order valence-corrected chi connectivity index (χ3v) is 3.22. The van der Waals surface area contributed by atoms with Gasteiger partial charge in [-0.15, -0.1) is 0 Å². The molecule has 3 nitrogen and oxygen atoms in total. The summed E-state index contributed by atoms with van der Waals surface area (Å²) in [6, 6.07) is 5.67. The molecule has 0 bridgehead atoms. The second-order valence-corrected chi connectivity index (χ2v) is 4.74. The molecule has 0 aliphatic rings. The number of carbonyl (C=O) groups is 1. The molecule has 0 saturated heterocycles. The summed E-state index contributed by atoms with van der Waals surface area (Å²) >= 11 is 0. The predicted octanol–water partition coefficient (Wildman–Crippen LogP) is 3.88. The van der Waals surface area contributed by atoms with Crippen molar-refractivity contribution in [3.05, 3.63) is 35.5 Å². The highest BCUT2D eigenvalue weighted by molar-refractivity contribution is 6.08. The number of aromatic amines is 1. The molecule has 1 aromatic carbocycles. The van der Waals surface area contributed by atoms with Gasteiger partial charge in [0.25, 0.3) is 0 Å². The average molecular weight is 299 g/mol. The summed E-state index contributed by atoms with van der Waals surface area (Å²) in [6.45, 7) is 0.453. The number of H-pyrrole nitrogens is 1. The summed E-state index contributed by atoms with van der Waals surface area (Å²) in [4.78, 5) is 15.1. The number of nitrogens with one attached hydrogen (secondary N) is 1. The monoisotopic (exact) mass is 299 g/mol. The number of fused-ring (bicyclic) bond motifs is 1. The maximum atomic E-state index is 12.1. The van der Waals surface area contributed by atoms with E-state index in [1.54, 1.807) is 6.20 Å². The molecule has 0 amide bonds. The predicted molar refractivity (Wildman–Crippen MR) is 73.5 cm³/mol. The molecule has 2 aromatic rings. The van der Waals surface area contributed by atoms with Crippen LogP contribution in [-0.2, 0) is 11.2 Å². The number of Topliss-reactive ketones (excluding diaryl/α,β-unsaturated/α-hetero) is 1. The minimum absolute atomic E-state index is 0.0701. The van der Waals surface area contributed by atoms with Gasteiger partial charge in [-0.3, -0.25) is 4.79 Å². The van der Waals surface area contributed by atoms with E-state index < -0.39 is 12.8 Å². The van der Waals surface area contributed by atoms with Crippen LogP contribution in [-0.4, -0.2) is 30.2 Å². The van der Waals surface area contributed by atoms with Crippen molar-refractivity contribution in [3.63, 3.8) is 0 Å². The second kappa shape index (κ2) is 6.30. The Morgan fingerprint density at radius 2 is 2.10 bits per heavy atom. The van der Waals surface area contributed by atoms with Gasteiger partial charge in [-0.25, -0.2) is 0 Å². The maximum Gasteiger partial charge on any atom is 0.411 e. The van der Waals surface area contributed by atoms with Crippen molar-refractivity contribution in [1.82, 2.24) is 4.98 Å². The summed E-state index contributed by atoms with van der Waals surface area (Å²) < 4.78 is 40.3. The molecule has 1 N–H and O–H groups in total. The highest BCUT2D eigenvalue weighted by Gasteiger charge is 2.27. The summed E-state index contributed by atoms with van der Waals surface area (Å²) in [5.41, 5.74) is 2.50. The lowest BCUT2D eigenvalue weighted by atomic mass is 10.0. The van der Waals surface area contributed by atoms with Crippen LogP contribution in [0.1, 0.15) is 29.3 Å². The molecule has 21 heavy (non-hydrogen) atoms. The number of benzene rings is 1. The van der Waals surface area contributed by atoms with Crippen molar-refractivity contribution in [1.29, 1.82) is 0 Å². The van der Waals surface area contributed by atoms with Crippen LogP contribution in [0, 0.1) is 0 Å². The molecular weight excluding hydrogens is 283 g/mol. The van der Waals surface area contributed by atoms with Crippen molar-refractivity contribution < 1.29 is 22.7 Å². The molecule has 0 saturated carbocycles. The SMILES string of the molecule is CCc1cccc2c(C(=O)CCOCC(F)(F)F)c[nH]c12. The van der Waals surface area contributed by atoms with E-state index >= 15 is 0 Å². The van der Waals surface area contributed by atoms with E-state index in [2.05, 4.69) is 9.72 Å². The van der Waals surface area contributed by atoms with Gasteiger partial charge >= 0.3 is 6.18 Å². The molecule has 0 aliphatic heterocycles. The first-order chi connectivity index (χ1) is 9.92. The minimum atomic E-state index is -4.36. The summed E-state index contributed by atoms with van der Waals surface area (Å²) in [6.07, 6.45) is -1.99. The van der Waals surface area contributed by atoms with Crippen molar-refractivity contribution in [2.24, 2.45) is 0 Å². The van der Waals surface area contributed by atoms with Crippen molar-refractivity contribution >= 4 is 16.7 Å². The van der Waals surface area contributed by atoms with Crippen LogP contribution in [0.4, 0.5) is 13.2 Å². The fraction of sp³-hybridized carbons (Fsp3) is 0.400. The maximum absolute atomic E-state index is 12.1. The highest BCUT2D eigenvalue weighted by atomic mass is 19.4. The lowest BCUT2D eigenvalue weighted by molar-refractivity contribution is -0.173. The molecule has 1 aromatic heterocycles. The number of ketones is 1. The standard InChI is InChI=1S/C15H16F3NO2/c1-2-10-4-3-5-11-12(8-19-14(10)11)13(20)6-7-21-9-15(16,17)18/h3-5,8,19H,2,6-7,9H2,1H3. The first kappa shape index (κ1) is 15.6. The number of carbonyl (C=O) groups excluding carboxylic acids is 1. The number of rotatable bonds is 6. The van der Waals surface area contributed by atoms with Crippen molar-refractivity contribution in [3.8, 4) is 0 Å². The normalized spacial score (nSPS) is 12.0. The van der Waals surface area contributed by atoms with E-state index in [1.807, 2.05) is 25.1 Å². The van der Waals surface area contributed by atoms with E-state index in [1.165, 1.54) is 0 Å². The molecule has 2 rings (SSSR count). The Kier molecular flexibility index (Phi) is 4.67. The number of alkyl halides is 3. The Morgan fingerprint density at radius 1 is 1.33 bits per heavy atom. The van der Waals surface area contributed by atoms with Gasteiger partial charge in [-0.2, -0.15) is 13.2 Å². The lowest BCUT2D eigenvalue weighted by Crippen LogP contribution is -2.18. The second-order valence-electron chi connectivity index (χ2n) is 4.74. The smallest absolute Gasteiger partial charge is 0.372 e. The quantitative estimate of drug-likeness (QED) is 0.649. The molecule has 0 spiro atoms. The molecule has 0 unspecified atom stereocenters. The molecule has 0 fully saturated rings. The van der Waals surface area contributed by atoms with Crippen LogP contribution < -0.4 is 0 Å². The van der Waals surface area contributed by atoms with E-state index in [4.69, 9.17) is 0 Å². The molecule has 1 heterocycles. The first-order valence-electron chi connectivity index (χ1n) is 6.69. The molecule has 0 radical (unpaired) electrons. The topological polar surface area (TPSA) is 42.1 Å². The highest BCUT2D eigenvalue weighted by Crippen LogP contribution is 2.23. The van der Waals surface area contributed by atoms with Crippen LogP contribution in [0.3, 0.4) is 0 Å². The molecule has 114 valence electrons. The summed E-state index contributed by atoms with van der Waals surface area (Å²) in [5.74, 6) is -0.225. The summed E-state index contributed by atoms with van der Waals surface area (Å²) in [5, 5.41) is 0.801. The Bertz CT molecular complexity index is 631. The van der Waals surface area contributed by atoms with Crippen molar-refractivity contribution in [2.45, 2.75) is 25.9 Å². The largest absolute Gasteiger partial charge is 0.411 e. The number of halogens is 3. The van der Waals surface area contributed by atoms with Gasteiger partial charge in [0.1, 0.15) is 6.61 Å². The zero-order valence-electron chi connectivity index (χ0n) is 11.6. The number of ether oxygens (including phenoxy) is 1. The Balaban J connectivity index is 2.03. The van der Waals surface area contributed by atoms with E-state index in [-0.39, 0.29) is 18.8 Å². The molecule has 0 aliphatic carbocycles. The summed E-state index contributed by atoms with van der Waals surface area (Å²) in [7, 11) is 0. The lowest BCUT2D eigenvalue weighted by Gasteiger charge is -2.06.